The molecule has 6 nitrogen and oxygen atoms in total. The van der Waals surface area contributed by atoms with E-state index in [2.05, 4.69) is 4.72 Å². The summed E-state index contributed by atoms with van der Waals surface area (Å²) in [7, 11) is 16.0. The molecular formula is C14H12B3FN2O4S. The molecule has 1 amide bonds. The third-order valence-electron chi connectivity index (χ3n) is 4.04. The molecule has 6 radical (unpaired) electrons. The molecule has 0 bridgehead atoms. The number of nitrogens with one attached hydrogen (secondary N) is 1. The minimum atomic E-state index is -2.16. The normalized spacial score (nSPS) is 22.3. The van der Waals surface area contributed by atoms with Crippen LogP contribution in [0.2, 0.25) is 0 Å². The van der Waals surface area contributed by atoms with E-state index in [0.29, 0.717) is 11.8 Å². The summed E-state index contributed by atoms with van der Waals surface area (Å²) in [4.78, 5) is 23.4. The highest BCUT2D eigenvalue weighted by molar-refractivity contribution is 7.95. The Morgan fingerprint density at radius 1 is 1.28 bits per heavy atom. The van der Waals surface area contributed by atoms with E-state index in [1.165, 1.54) is 6.42 Å². The van der Waals surface area contributed by atoms with Crippen molar-refractivity contribution < 1.29 is 23.8 Å². The van der Waals surface area contributed by atoms with Crippen LogP contribution in [0.25, 0.3) is 0 Å². The maximum absolute atomic E-state index is 13.9. The van der Waals surface area contributed by atoms with Crippen LogP contribution in [0.5, 0.6) is 5.75 Å². The lowest BCUT2D eigenvalue weighted by Crippen LogP contribution is -2.38. The number of aromatic carboxylic acids is 1. The predicted octanol–water partition coefficient (Wildman–Crippen LogP) is 0.264. The average molecular weight is 356 g/mol. The Morgan fingerprint density at radius 3 is 2.48 bits per heavy atom. The number of nitrogens with zero attached hydrogens (tertiary/aromatic N) is 1. The number of hydrogen-bond donors (Lipinski definition) is 2. The molecular weight excluding hydrogens is 344 g/mol. The third kappa shape index (κ3) is 4.33. The molecule has 25 heavy (non-hydrogen) atoms. The Morgan fingerprint density at radius 2 is 1.92 bits per heavy atom. The molecule has 1 aromatic carbocycles. The zero-order valence-corrected chi connectivity index (χ0v) is 13.9. The van der Waals surface area contributed by atoms with Crippen LogP contribution >= 0.6 is 12.1 Å². The minimum absolute atomic E-state index is 0.259. The lowest BCUT2D eigenvalue weighted by molar-refractivity contribution is 0.0690. The van der Waals surface area contributed by atoms with E-state index in [9.17, 15) is 14.0 Å². The van der Waals surface area contributed by atoms with Crippen LogP contribution in [0.1, 0.15) is 27.1 Å². The van der Waals surface area contributed by atoms with Crippen molar-refractivity contribution in [2.75, 3.05) is 13.1 Å². The van der Waals surface area contributed by atoms with Gasteiger partial charge >= 0.3 is 5.97 Å². The van der Waals surface area contributed by atoms with E-state index in [1.54, 1.807) is 0 Å². The monoisotopic (exact) mass is 356 g/mol. The quantitative estimate of drug-likeness (QED) is 0.563. The number of rotatable bonds is 6. The van der Waals surface area contributed by atoms with Crippen molar-refractivity contribution in [1.82, 2.24) is 9.03 Å². The van der Waals surface area contributed by atoms with Gasteiger partial charge in [-0.15, -0.1) is 0 Å². The second-order valence-electron chi connectivity index (χ2n) is 6.21. The highest BCUT2D eigenvalue weighted by Gasteiger charge is 2.45. The number of fused-ring (bicyclic) bond motifs is 1. The number of carboxylic acid groups (broad SMARTS) is 1. The third-order valence-corrected chi connectivity index (χ3v) is 4.88. The number of halogens is 1. The van der Waals surface area contributed by atoms with Crippen LogP contribution in [0.15, 0.2) is 12.1 Å². The molecule has 1 aliphatic carbocycles. The molecule has 1 heterocycles. The molecule has 1 saturated heterocycles. The summed E-state index contributed by atoms with van der Waals surface area (Å²) in [5.41, 5.74) is -0.951. The van der Waals surface area contributed by atoms with Crippen LogP contribution in [0.4, 0.5) is 4.39 Å². The lowest BCUT2D eigenvalue weighted by Gasteiger charge is -2.25. The first-order valence-electron chi connectivity index (χ1n) is 7.49. The van der Waals surface area contributed by atoms with Gasteiger partial charge in [0.15, 0.2) is 0 Å². The van der Waals surface area contributed by atoms with Gasteiger partial charge in [0.25, 0.3) is 5.91 Å². The van der Waals surface area contributed by atoms with Crippen molar-refractivity contribution in [1.29, 1.82) is 0 Å². The lowest BCUT2D eigenvalue weighted by atomic mass is 9.52. The minimum Gasteiger partial charge on any atom is -0.515 e. The van der Waals surface area contributed by atoms with Crippen LogP contribution in [-0.4, -0.2) is 63.2 Å². The molecule has 0 aromatic heterocycles. The first kappa shape index (κ1) is 18.2. The van der Waals surface area contributed by atoms with Crippen molar-refractivity contribution in [3.8, 4) is 5.75 Å². The van der Waals surface area contributed by atoms with Crippen molar-refractivity contribution in [2.45, 2.75) is 11.7 Å². The molecule has 2 atom stereocenters. The standard InChI is InChI=1S/C14H12B3FN2O4S/c15-14(16,17)24-11-3-8(13(22)23)10(18)2-9(11)12(21)19-25-20-4-6-1-7(6)5-20/h2-3,6-7H,1,4-5H2,(H,19,21)(H,22,23). The highest BCUT2D eigenvalue weighted by Crippen LogP contribution is 2.46. The number of carbonyl (C=O) groups excluding carboxylic acids is 1. The van der Waals surface area contributed by atoms with Crippen molar-refractivity contribution in [3.63, 3.8) is 0 Å². The average Bonchev–Trinajstić information content (AvgIpc) is 3.11. The molecule has 2 fully saturated rings. The number of carboxylic acids is 1. The summed E-state index contributed by atoms with van der Waals surface area (Å²) >= 11 is 1.11. The summed E-state index contributed by atoms with van der Waals surface area (Å²) in [5.74, 6) is -2.26. The van der Waals surface area contributed by atoms with E-state index in [0.717, 1.165) is 37.4 Å². The fourth-order valence-electron chi connectivity index (χ4n) is 2.76. The maximum atomic E-state index is 13.9. The van der Waals surface area contributed by atoms with Gasteiger partial charge in [-0.2, -0.15) is 0 Å². The molecule has 1 aromatic rings. The van der Waals surface area contributed by atoms with Gasteiger partial charge < -0.3 is 9.84 Å². The largest absolute Gasteiger partial charge is 0.515 e. The Hall–Kier alpha value is -1.61. The molecule has 2 aliphatic rings. The molecule has 124 valence electrons. The number of ether oxygens (including phenoxy) is 1. The summed E-state index contributed by atoms with van der Waals surface area (Å²) in [5, 5.41) is 6.83. The van der Waals surface area contributed by atoms with Gasteiger partial charge in [-0.1, -0.05) is 0 Å². The fraction of sp³-hybridized carbons (Fsp3) is 0.429. The van der Waals surface area contributed by atoms with Crippen LogP contribution in [0.3, 0.4) is 0 Å². The first-order chi connectivity index (χ1) is 11.6. The molecule has 1 aliphatic heterocycles. The predicted molar refractivity (Wildman–Crippen MR) is 92.2 cm³/mol. The molecule has 3 rings (SSSR count). The summed E-state index contributed by atoms with van der Waals surface area (Å²) in [6.45, 7) is 1.76. The number of amides is 1. The van der Waals surface area contributed by atoms with E-state index < -0.39 is 28.6 Å². The summed E-state index contributed by atoms with van der Waals surface area (Å²) in [6.07, 6.45) is 1.22. The fourth-order valence-corrected chi connectivity index (χ4v) is 3.61. The SMILES string of the molecule is [B]C([B])([B])Oc1cc(C(=O)O)c(F)cc1C(=O)NSN1CC2CC2C1. The van der Waals surface area contributed by atoms with Crippen molar-refractivity contribution >= 4 is 47.5 Å². The maximum Gasteiger partial charge on any atom is 0.338 e. The molecule has 11 heteroatoms. The van der Waals surface area contributed by atoms with Gasteiger partial charge in [-0.3, -0.25) is 9.52 Å². The van der Waals surface area contributed by atoms with Gasteiger partial charge in [0.2, 0.25) is 0 Å². The smallest absolute Gasteiger partial charge is 0.338 e. The zero-order chi connectivity index (χ0) is 18.4. The Bertz CT molecular complexity index is 721. The second kappa shape index (κ2) is 6.61. The van der Waals surface area contributed by atoms with E-state index in [-0.39, 0.29) is 11.3 Å². The number of piperidine rings is 1. The summed E-state index contributed by atoms with van der Waals surface area (Å²) in [6, 6.07) is 1.57. The zero-order valence-electron chi connectivity index (χ0n) is 13.1. The number of carbonyl (C=O) groups is 2. The molecule has 2 N–H and O–H groups in total. The van der Waals surface area contributed by atoms with Gasteiger partial charge in [-0.25, -0.2) is 13.5 Å². The number of hydrogen-bond acceptors (Lipinski definition) is 5. The topological polar surface area (TPSA) is 78.9 Å². The molecule has 1 saturated carbocycles. The molecule has 2 unspecified atom stereocenters. The van der Waals surface area contributed by atoms with Gasteiger partial charge in [0, 0.05) is 25.2 Å². The van der Waals surface area contributed by atoms with E-state index >= 15 is 0 Å². The van der Waals surface area contributed by atoms with Crippen molar-refractivity contribution in [2.24, 2.45) is 11.8 Å². The highest BCUT2D eigenvalue weighted by atomic mass is 32.2. The first-order valence-corrected chi connectivity index (χ1v) is 8.26. The Kier molecular flexibility index (Phi) is 4.81. The van der Waals surface area contributed by atoms with E-state index in [4.69, 9.17) is 33.4 Å². The van der Waals surface area contributed by atoms with Gasteiger partial charge in [0.05, 0.1) is 11.1 Å². The van der Waals surface area contributed by atoms with Crippen LogP contribution in [-0.2, 0) is 0 Å². The molecule has 0 spiro atoms. The van der Waals surface area contributed by atoms with Crippen LogP contribution < -0.4 is 9.46 Å². The second-order valence-corrected chi connectivity index (χ2v) is 7.12. The van der Waals surface area contributed by atoms with Gasteiger partial charge in [0.1, 0.15) is 35.1 Å². The van der Waals surface area contributed by atoms with Gasteiger partial charge in [-0.05, 0) is 35.7 Å². The Labute approximate surface area is 152 Å². The van der Waals surface area contributed by atoms with E-state index in [1.807, 2.05) is 4.31 Å². The Balaban J connectivity index is 1.78. The van der Waals surface area contributed by atoms with Crippen molar-refractivity contribution in [3.05, 3.63) is 29.1 Å². The number of benzene rings is 1. The summed E-state index contributed by atoms with van der Waals surface area (Å²) < 4.78 is 23.5. The van der Waals surface area contributed by atoms with Crippen LogP contribution in [0, 0.1) is 17.7 Å².